The van der Waals surface area contributed by atoms with Crippen molar-refractivity contribution in [2.45, 2.75) is 58.3 Å². The summed E-state index contributed by atoms with van der Waals surface area (Å²) in [5.74, 6) is -0.318. The molecule has 124 valence electrons. The number of Topliss-reactive ketones (excluding diaryl/α,β-unsaturated/α-hetero) is 1. The molecule has 2 fully saturated rings. The van der Waals surface area contributed by atoms with Crippen molar-refractivity contribution in [2.75, 3.05) is 0 Å². The van der Waals surface area contributed by atoms with Gasteiger partial charge in [0.1, 0.15) is 5.78 Å². The number of carbonyl (C=O) groups is 2. The molecule has 1 heterocycles. The number of benzene rings is 1. The zero-order valence-corrected chi connectivity index (χ0v) is 14.0. The first-order chi connectivity index (χ1) is 10.8. The van der Waals surface area contributed by atoms with Crippen LogP contribution in [0.25, 0.3) is 0 Å². The van der Waals surface area contributed by atoms with Gasteiger partial charge in [-0.3, -0.25) is 4.79 Å². The smallest absolute Gasteiger partial charge is 0.345 e. The Morgan fingerprint density at radius 3 is 2.39 bits per heavy atom. The summed E-state index contributed by atoms with van der Waals surface area (Å²) >= 11 is 0. The van der Waals surface area contributed by atoms with E-state index in [1.165, 1.54) is 0 Å². The highest BCUT2D eigenvalue weighted by molar-refractivity contribution is 5.86. The van der Waals surface area contributed by atoms with E-state index in [4.69, 9.17) is 9.47 Å². The van der Waals surface area contributed by atoms with Gasteiger partial charge < -0.3 is 9.47 Å². The van der Waals surface area contributed by atoms with Crippen molar-refractivity contribution in [3.63, 3.8) is 0 Å². The molecule has 2 aliphatic rings. The number of rotatable bonds is 2. The summed E-state index contributed by atoms with van der Waals surface area (Å²) in [6.07, 6.45) is 1.97. The number of carbonyl (C=O) groups excluding carboxylic acids is 2. The summed E-state index contributed by atoms with van der Waals surface area (Å²) in [7, 11) is 0. The number of hydrogen-bond donors (Lipinski definition) is 0. The van der Waals surface area contributed by atoms with E-state index < -0.39 is 11.9 Å². The SMILES string of the molecule is CC(C)(C)C1OC(=O)[C@@](c2ccccc2)([C@@H]2CCCC(=O)C2)O1. The van der Waals surface area contributed by atoms with Crippen LogP contribution in [0.15, 0.2) is 30.3 Å². The summed E-state index contributed by atoms with van der Waals surface area (Å²) in [5, 5.41) is 0. The molecule has 0 aromatic heterocycles. The molecule has 1 aromatic rings. The third-order valence-corrected chi connectivity index (χ3v) is 4.78. The molecule has 0 radical (unpaired) electrons. The Labute approximate surface area is 137 Å². The molecular weight excluding hydrogens is 292 g/mol. The van der Waals surface area contributed by atoms with Crippen LogP contribution in [-0.4, -0.2) is 18.0 Å². The van der Waals surface area contributed by atoms with Crippen LogP contribution < -0.4 is 0 Å². The lowest BCUT2D eigenvalue weighted by atomic mass is 9.73. The van der Waals surface area contributed by atoms with E-state index in [-0.39, 0.29) is 23.1 Å². The lowest BCUT2D eigenvalue weighted by molar-refractivity contribution is -0.166. The zero-order valence-electron chi connectivity index (χ0n) is 14.0. The molecule has 4 nitrogen and oxygen atoms in total. The van der Waals surface area contributed by atoms with E-state index >= 15 is 0 Å². The highest BCUT2D eigenvalue weighted by Gasteiger charge is 2.59. The number of esters is 1. The van der Waals surface area contributed by atoms with Crippen LogP contribution in [0.3, 0.4) is 0 Å². The molecule has 0 spiro atoms. The maximum Gasteiger partial charge on any atom is 0.345 e. The van der Waals surface area contributed by atoms with Crippen LogP contribution in [0.4, 0.5) is 0 Å². The quantitative estimate of drug-likeness (QED) is 0.783. The number of ether oxygens (including phenoxy) is 2. The second-order valence-corrected chi connectivity index (χ2v) is 7.65. The van der Waals surface area contributed by atoms with Crippen molar-refractivity contribution in [1.82, 2.24) is 0 Å². The van der Waals surface area contributed by atoms with E-state index in [0.29, 0.717) is 12.8 Å². The fourth-order valence-corrected chi connectivity index (χ4v) is 3.52. The van der Waals surface area contributed by atoms with Gasteiger partial charge >= 0.3 is 5.97 Å². The van der Waals surface area contributed by atoms with Gasteiger partial charge in [-0.05, 0) is 18.4 Å². The minimum atomic E-state index is -1.16. The van der Waals surface area contributed by atoms with Crippen molar-refractivity contribution in [1.29, 1.82) is 0 Å². The van der Waals surface area contributed by atoms with Crippen LogP contribution in [0.1, 0.15) is 52.0 Å². The summed E-state index contributed by atoms with van der Waals surface area (Å²) in [6.45, 7) is 5.95. The largest absolute Gasteiger partial charge is 0.433 e. The number of hydrogen-bond acceptors (Lipinski definition) is 4. The first-order valence-corrected chi connectivity index (χ1v) is 8.30. The molecule has 1 aromatic carbocycles. The normalized spacial score (nSPS) is 32.0. The van der Waals surface area contributed by atoms with Gasteiger partial charge in [-0.2, -0.15) is 0 Å². The van der Waals surface area contributed by atoms with Crippen molar-refractivity contribution in [3.05, 3.63) is 35.9 Å². The van der Waals surface area contributed by atoms with E-state index in [2.05, 4.69) is 0 Å². The first-order valence-electron chi connectivity index (χ1n) is 8.30. The van der Waals surface area contributed by atoms with E-state index in [9.17, 15) is 9.59 Å². The van der Waals surface area contributed by atoms with Crippen LogP contribution in [0.2, 0.25) is 0 Å². The molecule has 4 heteroatoms. The van der Waals surface area contributed by atoms with Crippen molar-refractivity contribution in [3.8, 4) is 0 Å². The lowest BCUT2D eigenvalue weighted by Gasteiger charge is -2.36. The molecular formula is C19H24O4. The van der Waals surface area contributed by atoms with E-state index in [1.54, 1.807) is 0 Å². The summed E-state index contributed by atoms with van der Waals surface area (Å²) < 4.78 is 11.9. The molecule has 3 atom stereocenters. The summed E-state index contributed by atoms with van der Waals surface area (Å²) in [4.78, 5) is 24.9. The van der Waals surface area contributed by atoms with Gasteiger partial charge in [0.15, 0.2) is 5.60 Å². The van der Waals surface area contributed by atoms with Gasteiger partial charge in [0.05, 0.1) is 0 Å². The zero-order chi connectivity index (χ0) is 16.7. The van der Waals surface area contributed by atoms with Gasteiger partial charge in [-0.25, -0.2) is 4.79 Å². The Kier molecular flexibility index (Phi) is 4.05. The minimum Gasteiger partial charge on any atom is -0.433 e. The van der Waals surface area contributed by atoms with Crippen LogP contribution >= 0.6 is 0 Å². The Morgan fingerprint density at radius 1 is 1.13 bits per heavy atom. The maximum atomic E-state index is 12.9. The van der Waals surface area contributed by atoms with Crippen molar-refractivity contribution >= 4 is 11.8 Å². The topological polar surface area (TPSA) is 52.6 Å². The van der Waals surface area contributed by atoms with E-state index in [0.717, 1.165) is 18.4 Å². The highest BCUT2D eigenvalue weighted by atomic mass is 16.8. The summed E-state index contributed by atoms with van der Waals surface area (Å²) in [5.41, 5.74) is -0.684. The Hall–Kier alpha value is -1.68. The average Bonchev–Trinajstić information content (AvgIpc) is 2.87. The fraction of sp³-hybridized carbons (Fsp3) is 0.579. The molecule has 0 N–H and O–H groups in total. The van der Waals surface area contributed by atoms with Crippen LogP contribution in [0.5, 0.6) is 0 Å². The third kappa shape index (κ3) is 2.80. The molecule has 3 rings (SSSR count). The average molecular weight is 316 g/mol. The molecule has 1 saturated heterocycles. The number of ketones is 1. The Bertz CT molecular complexity index is 602. The molecule has 0 bridgehead atoms. The van der Waals surface area contributed by atoms with Crippen LogP contribution in [0, 0.1) is 11.3 Å². The Balaban J connectivity index is 2.05. The number of cyclic esters (lactones) is 1. The first kappa shape index (κ1) is 16.2. The fourth-order valence-electron chi connectivity index (χ4n) is 3.52. The summed E-state index contributed by atoms with van der Waals surface area (Å²) in [6, 6.07) is 9.48. The van der Waals surface area contributed by atoms with Gasteiger partial charge in [-0.15, -0.1) is 0 Å². The van der Waals surface area contributed by atoms with Gasteiger partial charge in [0, 0.05) is 24.2 Å². The maximum absolute atomic E-state index is 12.9. The molecule has 23 heavy (non-hydrogen) atoms. The second kappa shape index (κ2) is 5.75. The van der Waals surface area contributed by atoms with Crippen molar-refractivity contribution < 1.29 is 19.1 Å². The minimum absolute atomic E-state index is 0.161. The molecule has 0 amide bonds. The molecule has 1 saturated carbocycles. The van der Waals surface area contributed by atoms with Gasteiger partial charge in [0.25, 0.3) is 0 Å². The third-order valence-electron chi connectivity index (χ3n) is 4.78. The second-order valence-electron chi connectivity index (χ2n) is 7.65. The van der Waals surface area contributed by atoms with Gasteiger partial charge in [-0.1, -0.05) is 51.1 Å². The highest BCUT2D eigenvalue weighted by Crippen LogP contribution is 2.49. The molecule has 1 unspecified atom stereocenters. The van der Waals surface area contributed by atoms with Crippen LogP contribution in [-0.2, 0) is 24.7 Å². The lowest BCUT2D eigenvalue weighted by Crippen LogP contribution is -2.44. The monoisotopic (exact) mass is 316 g/mol. The Morgan fingerprint density at radius 2 is 1.83 bits per heavy atom. The van der Waals surface area contributed by atoms with Gasteiger partial charge in [0.2, 0.25) is 6.29 Å². The standard InChI is InChI=1S/C19H24O4/c1-18(2,3)17-22-16(21)19(23-17,13-8-5-4-6-9-13)14-10-7-11-15(20)12-14/h4-6,8-9,14,17H,7,10-12H2,1-3H3/t14-,17?,19-/m1/s1. The van der Waals surface area contributed by atoms with E-state index in [1.807, 2.05) is 51.1 Å². The predicted molar refractivity (Wildman–Crippen MR) is 85.5 cm³/mol. The predicted octanol–water partition coefficient (Wildman–Crippen LogP) is 3.59. The molecule has 1 aliphatic carbocycles. The molecule has 1 aliphatic heterocycles. The van der Waals surface area contributed by atoms with Crippen molar-refractivity contribution in [2.24, 2.45) is 11.3 Å².